The zero-order valence-electron chi connectivity index (χ0n) is 8.30. The number of aromatic amines is 1. The number of nitrogens with one attached hydrogen (secondary N) is 2. The molecule has 1 aliphatic rings. The zero-order chi connectivity index (χ0) is 11.7. The van der Waals surface area contributed by atoms with Crippen molar-refractivity contribution in [2.24, 2.45) is 0 Å². The van der Waals surface area contributed by atoms with Crippen LogP contribution < -0.4 is 21.0 Å². The Morgan fingerprint density at radius 3 is 2.88 bits per heavy atom. The van der Waals surface area contributed by atoms with Crippen LogP contribution in [0.3, 0.4) is 0 Å². The first-order valence-electron chi connectivity index (χ1n) is 4.75. The number of aromatic nitrogens is 2. The van der Waals surface area contributed by atoms with Gasteiger partial charge in [-0.15, -0.1) is 0 Å². The van der Waals surface area contributed by atoms with Gasteiger partial charge in [0.1, 0.15) is 12.4 Å². The second-order valence-electron chi connectivity index (χ2n) is 3.35. The fraction of sp³-hybridized carbons (Fsp3) is 0.500. The molecule has 0 fully saturated rings. The third-order valence-electron chi connectivity index (χ3n) is 2.31. The largest absolute Gasteiger partial charge is 0.359 e. The van der Waals surface area contributed by atoms with E-state index in [4.69, 9.17) is 11.8 Å². The van der Waals surface area contributed by atoms with Gasteiger partial charge >= 0.3 is 5.69 Å². The molecule has 2 heterocycles. The van der Waals surface area contributed by atoms with Crippen LogP contribution >= 0.6 is 11.8 Å². The Bertz CT molecular complexity index is 512. The summed E-state index contributed by atoms with van der Waals surface area (Å²) in [6.45, 7) is -0.117. The molecule has 1 aliphatic heterocycles. The molecule has 1 aromatic heterocycles. The molecule has 1 aromatic rings. The van der Waals surface area contributed by atoms with E-state index in [0.29, 0.717) is 5.82 Å². The first kappa shape index (κ1) is 11.0. The van der Waals surface area contributed by atoms with Gasteiger partial charge < -0.3 is 5.32 Å². The van der Waals surface area contributed by atoms with E-state index >= 15 is 0 Å². The molecular weight excluding hydrogens is 239 g/mol. The monoisotopic (exact) mass is 248 g/mol. The van der Waals surface area contributed by atoms with Crippen LogP contribution in [0.15, 0.2) is 9.59 Å². The second-order valence-corrected chi connectivity index (χ2v) is 3.76. The Labute approximate surface area is 94.7 Å². The van der Waals surface area contributed by atoms with Crippen molar-refractivity contribution < 1.29 is 4.39 Å². The van der Waals surface area contributed by atoms with Gasteiger partial charge in [-0.05, 0) is 6.42 Å². The lowest BCUT2D eigenvalue weighted by molar-refractivity contribution is 0.442. The third kappa shape index (κ3) is 1.67. The van der Waals surface area contributed by atoms with Gasteiger partial charge in [-0.2, -0.15) is 0 Å². The summed E-state index contributed by atoms with van der Waals surface area (Å²) in [5, 5.41) is 2.76. The van der Waals surface area contributed by atoms with Crippen LogP contribution in [0.1, 0.15) is 6.42 Å². The van der Waals surface area contributed by atoms with Gasteiger partial charge in [-0.3, -0.25) is 18.7 Å². The van der Waals surface area contributed by atoms with E-state index in [1.807, 2.05) is 0 Å². The van der Waals surface area contributed by atoms with Crippen molar-refractivity contribution in [1.82, 2.24) is 9.55 Å². The number of fused-ring (bicyclic) bond motifs is 1. The number of hydrogen-bond donors (Lipinski definition) is 2. The van der Waals surface area contributed by atoms with E-state index in [-0.39, 0.29) is 25.3 Å². The Morgan fingerprint density at radius 1 is 1.44 bits per heavy atom. The SMILES string of the molecule is O=c1[nH]c(=O)n(CCCF)c2c1NCN2Cl. The Balaban J connectivity index is 2.56. The molecule has 0 atom stereocenters. The maximum atomic E-state index is 12.1. The van der Waals surface area contributed by atoms with Crippen LogP contribution in [-0.4, -0.2) is 22.9 Å². The number of rotatable bonds is 3. The highest BCUT2D eigenvalue weighted by molar-refractivity contribution is 6.27. The number of hydrogen-bond acceptors (Lipinski definition) is 4. The second kappa shape index (κ2) is 4.17. The molecule has 0 radical (unpaired) electrons. The Hall–Kier alpha value is -1.50. The lowest BCUT2D eigenvalue weighted by Gasteiger charge is -2.13. The van der Waals surface area contributed by atoms with Crippen LogP contribution in [0.5, 0.6) is 0 Å². The van der Waals surface area contributed by atoms with E-state index in [2.05, 4.69) is 10.3 Å². The standard InChI is InChI=1S/C8H10ClFN4O2/c9-14-4-11-5-6(15)12-8(16)13(7(5)14)3-1-2-10/h11H,1-4H2,(H,12,15,16). The predicted molar refractivity (Wildman–Crippen MR) is 58.7 cm³/mol. The Morgan fingerprint density at radius 2 is 2.19 bits per heavy atom. The number of H-pyrrole nitrogens is 1. The molecule has 0 saturated carbocycles. The molecule has 6 nitrogen and oxygen atoms in total. The first-order chi connectivity index (χ1) is 7.65. The topological polar surface area (TPSA) is 70.1 Å². The normalized spacial score (nSPS) is 13.8. The van der Waals surface area contributed by atoms with E-state index in [1.165, 1.54) is 8.99 Å². The van der Waals surface area contributed by atoms with Crippen LogP contribution in [-0.2, 0) is 6.54 Å². The van der Waals surface area contributed by atoms with Gasteiger partial charge in [0.25, 0.3) is 5.56 Å². The fourth-order valence-corrected chi connectivity index (χ4v) is 1.86. The summed E-state index contributed by atoms with van der Waals surface area (Å²) >= 11 is 5.84. The highest BCUT2D eigenvalue weighted by Gasteiger charge is 2.24. The quantitative estimate of drug-likeness (QED) is 0.752. The molecule has 2 N–H and O–H groups in total. The highest BCUT2D eigenvalue weighted by Crippen LogP contribution is 2.27. The van der Waals surface area contributed by atoms with Crippen molar-refractivity contribution in [3.05, 3.63) is 20.8 Å². The summed E-state index contributed by atoms with van der Waals surface area (Å²) in [6.07, 6.45) is 0.198. The molecule has 16 heavy (non-hydrogen) atoms. The molecule has 0 unspecified atom stereocenters. The summed E-state index contributed by atoms with van der Waals surface area (Å²) < 4.78 is 14.6. The number of nitrogens with zero attached hydrogens (tertiary/aromatic N) is 2. The molecule has 0 spiro atoms. The number of halogens is 2. The third-order valence-corrected chi connectivity index (χ3v) is 2.59. The molecule has 0 bridgehead atoms. The molecule has 88 valence electrons. The van der Waals surface area contributed by atoms with Gasteiger partial charge in [-0.25, -0.2) is 9.21 Å². The maximum Gasteiger partial charge on any atom is 0.330 e. The maximum absolute atomic E-state index is 12.1. The summed E-state index contributed by atoms with van der Waals surface area (Å²) in [4.78, 5) is 25.1. The van der Waals surface area contributed by atoms with Gasteiger partial charge in [0, 0.05) is 18.3 Å². The molecular formula is C8H10ClFN4O2. The molecule has 0 aliphatic carbocycles. The number of anilines is 2. The molecule has 2 rings (SSSR count). The molecule has 0 aromatic carbocycles. The average molecular weight is 249 g/mol. The lowest BCUT2D eigenvalue weighted by atomic mass is 10.4. The van der Waals surface area contributed by atoms with Crippen molar-refractivity contribution in [1.29, 1.82) is 0 Å². The van der Waals surface area contributed by atoms with Crippen LogP contribution in [0.2, 0.25) is 0 Å². The number of alkyl halides is 1. The van der Waals surface area contributed by atoms with Crippen molar-refractivity contribution in [3.8, 4) is 0 Å². The summed E-state index contributed by atoms with van der Waals surface area (Å²) in [6, 6.07) is 0. The highest BCUT2D eigenvalue weighted by atomic mass is 35.5. The minimum atomic E-state index is -0.577. The zero-order valence-corrected chi connectivity index (χ0v) is 9.05. The minimum absolute atomic E-state index is 0.180. The van der Waals surface area contributed by atoms with Gasteiger partial charge in [0.05, 0.1) is 6.67 Å². The molecule has 8 heteroatoms. The molecule has 0 saturated heterocycles. The summed E-state index contributed by atoms with van der Waals surface area (Å²) in [5.74, 6) is 0.295. The average Bonchev–Trinajstić information content (AvgIpc) is 2.61. The Kier molecular flexibility index (Phi) is 2.86. The van der Waals surface area contributed by atoms with Crippen LogP contribution in [0, 0.1) is 0 Å². The van der Waals surface area contributed by atoms with E-state index in [9.17, 15) is 14.0 Å². The van der Waals surface area contributed by atoms with E-state index in [0.717, 1.165) is 0 Å². The van der Waals surface area contributed by atoms with Crippen molar-refractivity contribution in [3.63, 3.8) is 0 Å². The summed E-state index contributed by atoms with van der Waals surface area (Å²) in [5.41, 5.74) is -0.848. The predicted octanol–water partition coefficient (Wildman–Crippen LogP) is 0.239. The smallest absolute Gasteiger partial charge is 0.330 e. The van der Waals surface area contributed by atoms with Gasteiger partial charge in [0.2, 0.25) is 0 Å². The summed E-state index contributed by atoms with van der Waals surface area (Å²) in [7, 11) is 0. The van der Waals surface area contributed by atoms with Crippen molar-refractivity contribution in [2.45, 2.75) is 13.0 Å². The lowest BCUT2D eigenvalue weighted by Crippen LogP contribution is -2.32. The van der Waals surface area contributed by atoms with E-state index in [1.54, 1.807) is 0 Å². The first-order valence-corrected chi connectivity index (χ1v) is 5.09. The van der Waals surface area contributed by atoms with Gasteiger partial charge in [0.15, 0.2) is 5.82 Å². The van der Waals surface area contributed by atoms with Crippen molar-refractivity contribution in [2.75, 3.05) is 23.1 Å². The molecule has 0 amide bonds. The van der Waals surface area contributed by atoms with E-state index < -0.39 is 17.9 Å². The van der Waals surface area contributed by atoms with Gasteiger partial charge in [-0.1, -0.05) is 0 Å². The fourth-order valence-electron chi connectivity index (χ4n) is 1.62. The van der Waals surface area contributed by atoms with Crippen LogP contribution in [0.4, 0.5) is 15.9 Å². The minimum Gasteiger partial charge on any atom is -0.359 e. The van der Waals surface area contributed by atoms with Crippen molar-refractivity contribution >= 4 is 23.3 Å². The van der Waals surface area contributed by atoms with Crippen LogP contribution in [0.25, 0.3) is 0 Å².